The van der Waals surface area contributed by atoms with E-state index in [2.05, 4.69) is 30.7 Å². The fraction of sp³-hybridized carbons (Fsp3) is 0.615. The van der Waals surface area contributed by atoms with Gasteiger partial charge in [0.25, 0.3) is 0 Å². The van der Waals surface area contributed by atoms with E-state index in [1.165, 1.54) is 0 Å². The number of carbonyl (C=O) groups excluding carboxylic acids is 1. The first-order chi connectivity index (χ1) is 10.5. The molecule has 0 radical (unpaired) electrons. The monoisotopic (exact) mass is 307 g/mol. The summed E-state index contributed by atoms with van der Waals surface area (Å²) < 4.78 is 5.43. The third kappa shape index (κ3) is 3.80. The number of rotatable bonds is 6. The molecule has 120 valence electrons. The summed E-state index contributed by atoms with van der Waals surface area (Å²) in [5.74, 6) is 2.25. The molecule has 0 aliphatic heterocycles. The van der Waals surface area contributed by atoms with Crippen LogP contribution in [0.4, 0.5) is 4.79 Å². The van der Waals surface area contributed by atoms with E-state index >= 15 is 0 Å². The lowest BCUT2D eigenvalue weighted by molar-refractivity contribution is 0.188. The third-order valence-corrected chi connectivity index (χ3v) is 3.15. The number of amides is 2. The van der Waals surface area contributed by atoms with E-state index in [1.807, 2.05) is 27.7 Å². The average molecular weight is 307 g/mol. The molecular weight excluding hydrogens is 286 g/mol. The van der Waals surface area contributed by atoms with Gasteiger partial charge < -0.3 is 14.6 Å². The molecule has 0 spiro atoms. The summed E-state index contributed by atoms with van der Waals surface area (Å²) in [6.45, 7) is 8.26. The van der Waals surface area contributed by atoms with E-state index in [-0.39, 0.29) is 18.6 Å². The Hall–Kier alpha value is -2.45. The van der Waals surface area contributed by atoms with Gasteiger partial charge >= 0.3 is 6.03 Å². The summed E-state index contributed by atoms with van der Waals surface area (Å²) in [5.41, 5.74) is 0. The number of hydrogen-bond donors (Lipinski definition) is 2. The molecule has 0 saturated heterocycles. The van der Waals surface area contributed by atoms with Crippen molar-refractivity contribution in [3.05, 3.63) is 23.4 Å². The molecule has 0 saturated carbocycles. The molecule has 2 aromatic heterocycles. The molecule has 0 aliphatic rings. The van der Waals surface area contributed by atoms with E-state index in [1.54, 1.807) is 4.90 Å². The summed E-state index contributed by atoms with van der Waals surface area (Å²) in [4.78, 5) is 18.1. The number of aryl methyl sites for hydroxylation is 2. The van der Waals surface area contributed by atoms with Crippen molar-refractivity contribution in [1.82, 2.24) is 35.6 Å². The molecule has 2 rings (SSSR count). The number of carbonyl (C=O) groups is 1. The van der Waals surface area contributed by atoms with Crippen LogP contribution in [0.25, 0.3) is 0 Å². The SMILES string of the molecule is CCc1nnc(CN(CC)C(=O)N[C@@H](C)c2n[nH]c(C)n2)o1. The van der Waals surface area contributed by atoms with Crippen LogP contribution in [0.1, 0.15) is 50.2 Å². The predicted molar refractivity (Wildman–Crippen MR) is 77.8 cm³/mol. The second-order valence-corrected chi connectivity index (χ2v) is 4.91. The highest BCUT2D eigenvalue weighted by Gasteiger charge is 2.19. The topological polar surface area (TPSA) is 113 Å². The van der Waals surface area contributed by atoms with Crippen molar-refractivity contribution in [3.8, 4) is 0 Å². The largest absolute Gasteiger partial charge is 0.423 e. The average Bonchev–Trinajstić information content (AvgIpc) is 3.13. The van der Waals surface area contributed by atoms with Crippen molar-refractivity contribution < 1.29 is 9.21 Å². The molecule has 0 fully saturated rings. The second-order valence-electron chi connectivity index (χ2n) is 4.91. The second kappa shape index (κ2) is 7.01. The van der Waals surface area contributed by atoms with Gasteiger partial charge in [-0.25, -0.2) is 9.78 Å². The first-order valence-electron chi connectivity index (χ1n) is 7.29. The van der Waals surface area contributed by atoms with Crippen LogP contribution in [0.5, 0.6) is 0 Å². The zero-order chi connectivity index (χ0) is 16.1. The van der Waals surface area contributed by atoms with Crippen LogP contribution in [-0.2, 0) is 13.0 Å². The van der Waals surface area contributed by atoms with Crippen molar-refractivity contribution in [2.24, 2.45) is 0 Å². The summed E-state index contributed by atoms with van der Waals surface area (Å²) in [6.07, 6.45) is 0.673. The van der Waals surface area contributed by atoms with E-state index in [0.717, 1.165) is 0 Å². The number of aromatic nitrogens is 5. The van der Waals surface area contributed by atoms with Crippen LogP contribution in [0.15, 0.2) is 4.42 Å². The van der Waals surface area contributed by atoms with Gasteiger partial charge in [0.15, 0.2) is 5.82 Å². The Kier molecular flexibility index (Phi) is 5.08. The van der Waals surface area contributed by atoms with Gasteiger partial charge in [-0.15, -0.1) is 10.2 Å². The number of hydrogen-bond acceptors (Lipinski definition) is 6. The number of urea groups is 1. The molecule has 0 unspecified atom stereocenters. The highest BCUT2D eigenvalue weighted by molar-refractivity contribution is 5.74. The minimum atomic E-state index is -0.291. The molecule has 2 aromatic rings. The van der Waals surface area contributed by atoms with E-state index < -0.39 is 0 Å². The zero-order valence-electron chi connectivity index (χ0n) is 13.3. The molecule has 0 aromatic carbocycles. The quantitative estimate of drug-likeness (QED) is 0.833. The molecule has 9 heteroatoms. The summed E-state index contributed by atoms with van der Waals surface area (Å²) >= 11 is 0. The molecule has 2 heterocycles. The fourth-order valence-electron chi connectivity index (χ4n) is 1.88. The smallest absolute Gasteiger partial charge is 0.318 e. The van der Waals surface area contributed by atoms with Crippen molar-refractivity contribution in [1.29, 1.82) is 0 Å². The Morgan fingerprint density at radius 3 is 2.64 bits per heavy atom. The van der Waals surface area contributed by atoms with Gasteiger partial charge in [0.1, 0.15) is 12.4 Å². The molecule has 1 atom stereocenters. The van der Waals surface area contributed by atoms with Crippen molar-refractivity contribution in [3.63, 3.8) is 0 Å². The Morgan fingerprint density at radius 2 is 2.09 bits per heavy atom. The summed E-state index contributed by atoms with van der Waals surface area (Å²) in [5, 5.41) is 17.5. The highest BCUT2D eigenvalue weighted by Crippen LogP contribution is 2.09. The maximum atomic E-state index is 12.3. The fourth-order valence-corrected chi connectivity index (χ4v) is 1.88. The molecule has 0 aliphatic carbocycles. The Morgan fingerprint density at radius 1 is 1.36 bits per heavy atom. The van der Waals surface area contributed by atoms with Crippen LogP contribution in [0.2, 0.25) is 0 Å². The normalized spacial score (nSPS) is 12.2. The maximum Gasteiger partial charge on any atom is 0.318 e. The number of nitrogens with zero attached hydrogens (tertiary/aromatic N) is 5. The van der Waals surface area contributed by atoms with Crippen molar-refractivity contribution >= 4 is 6.03 Å². The third-order valence-electron chi connectivity index (χ3n) is 3.15. The van der Waals surface area contributed by atoms with Gasteiger partial charge in [-0.1, -0.05) is 6.92 Å². The van der Waals surface area contributed by atoms with Gasteiger partial charge in [-0.2, -0.15) is 5.10 Å². The van der Waals surface area contributed by atoms with E-state index in [0.29, 0.717) is 36.4 Å². The molecule has 9 nitrogen and oxygen atoms in total. The lowest BCUT2D eigenvalue weighted by Gasteiger charge is -2.21. The zero-order valence-corrected chi connectivity index (χ0v) is 13.3. The minimum absolute atomic E-state index is 0.228. The Labute approximate surface area is 128 Å². The first kappa shape index (κ1) is 15.9. The van der Waals surface area contributed by atoms with Gasteiger partial charge in [-0.3, -0.25) is 5.10 Å². The van der Waals surface area contributed by atoms with Crippen molar-refractivity contribution in [2.45, 2.75) is 46.7 Å². The number of nitrogens with one attached hydrogen (secondary N) is 2. The molecule has 2 amide bonds. The molecule has 2 N–H and O–H groups in total. The lowest BCUT2D eigenvalue weighted by atomic mass is 10.3. The van der Waals surface area contributed by atoms with Gasteiger partial charge in [0.05, 0.1) is 6.04 Å². The van der Waals surface area contributed by atoms with E-state index in [4.69, 9.17) is 4.42 Å². The standard InChI is InChI=1S/C13H21N7O2/c1-5-10-17-18-11(22-10)7-20(6-2)13(21)14-8(3)12-15-9(4)16-19-12/h8H,5-7H2,1-4H3,(H,14,21)(H,15,16,19)/t8-/m0/s1. The van der Waals surface area contributed by atoms with Crippen LogP contribution in [-0.4, -0.2) is 42.9 Å². The van der Waals surface area contributed by atoms with Crippen molar-refractivity contribution in [2.75, 3.05) is 6.54 Å². The van der Waals surface area contributed by atoms with Crippen LogP contribution in [0.3, 0.4) is 0 Å². The van der Waals surface area contributed by atoms with Crippen LogP contribution < -0.4 is 5.32 Å². The predicted octanol–water partition coefficient (Wildman–Crippen LogP) is 1.35. The first-order valence-corrected chi connectivity index (χ1v) is 7.29. The summed E-state index contributed by atoms with van der Waals surface area (Å²) in [7, 11) is 0. The highest BCUT2D eigenvalue weighted by atomic mass is 16.4. The Bertz CT molecular complexity index is 621. The van der Waals surface area contributed by atoms with Crippen LogP contribution in [0, 0.1) is 6.92 Å². The number of aromatic amines is 1. The van der Waals surface area contributed by atoms with Crippen LogP contribution >= 0.6 is 0 Å². The minimum Gasteiger partial charge on any atom is -0.423 e. The summed E-state index contributed by atoms with van der Waals surface area (Å²) in [6, 6.07) is -0.519. The Balaban J connectivity index is 1.96. The molecular formula is C13H21N7O2. The number of H-pyrrole nitrogens is 1. The lowest BCUT2D eigenvalue weighted by Crippen LogP contribution is -2.40. The van der Waals surface area contributed by atoms with Gasteiger partial charge in [0.2, 0.25) is 11.8 Å². The van der Waals surface area contributed by atoms with E-state index in [9.17, 15) is 4.79 Å². The maximum absolute atomic E-state index is 12.3. The molecule has 22 heavy (non-hydrogen) atoms. The van der Waals surface area contributed by atoms with Gasteiger partial charge in [0, 0.05) is 13.0 Å². The van der Waals surface area contributed by atoms with Gasteiger partial charge in [-0.05, 0) is 20.8 Å². The molecule has 0 bridgehead atoms.